The van der Waals surface area contributed by atoms with Crippen LogP contribution in [0.15, 0.2) is 59.8 Å². The average Bonchev–Trinajstić information content (AvgIpc) is 3.16. The standard InChI is InChI=1S/C17H18N4O2S/c22-24(23,17-7-3-5-14-4-1-2-6-16(14)17)20-11-8-15(9-12-20)21-13-10-18-19-21/h1-7,10,13,15H,8-9,11-12H2. The van der Waals surface area contributed by atoms with Crippen LogP contribution in [0.5, 0.6) is 0 Å². The molecule has 1 aliphatic heterocycles. The monoisotopic (exact) mass is 342 g/mol. The smallest absolute Gasteiger partial charge is 0.243 e. The van der Waals surface area contributed by atoms with E-state index in [2.05, 4.69) is 10.3 Å². The number of sulfonamides is 1. The van der Waals surface area contributed by atoms with Gasteiger partial charge in [-0.15, -0.1) is 5.10 Å². The Hall–Kier alpha value is -2.25. The third-order valence-corrected chi connectivity index (χ3v) is 6.56. The van der Waals surface area contributed by atoms with Gasteiger partial charge in [0, 0.05) is 24.7 Å². The van der Waals surface area contributed by atoms with E-state index in [1.807, 2.05) is 41.2 Å². The molecular formula is C17H18N4O2S. The number of hydrogen-bond donors (Lipinski definition) is 0. The number of fused-ring (bicyclic) bond motifs is 1. The predicted molar refractivity (Wildman–Crippen MR) is 91.0 cm³/mol. The van der Waals surface area contributed by atoms with E-state index >= 15 is 0 Å². The summed E-state index contributed by atoms with van der Waals surface area (Å²) in [5.74, 6) is 0. The van der Waals surface area contributed by atoms with Crippen molar-refractivity contribution >= 4 is 20.8 Å². The summed E-state index contributed by atoms with van der Waals surface area (Å²) in [4.78, 5) is 0.389. The maximum atomic E-state index is 13.1. The molecule has 0 unspecified atom stereocenters. The Labute approximate surface area is 140 Å². The SMILES string of the molecule is O=S(=O)(c1cccc2ccccc12)N1CCC(n2ccnn2)CC1. The highest BCUT2D eigenvalue weighted by atomic mass is 32.2. The fourth-order valence-electron chi connectivity index (χ4n) is 3.32. The number of aromatic nitrogens is 3. The van der Waals surface area contributed by atoms with E-state index in [-0.39, 0.29) is 6.04 Å². The van der Waals surface area contributed by atoms with E-state index in [1.54, 1.807) is 22.6 Å². The lowest BCUT2D eigenvalue weighted by atomic mass is 10.1. The highest BCUT2D eigenvalue weighted by molar-refractivity contribution is 7.89. The maximum absolute atomic E-state index is 13.1. The van der Waals surface area contributed by atoms with Crippen molar-refractivity contribution in [2.45, 2.75) is 23.8 Å². The Bertz CT molecular complexity index is 940. The van der Waals surface area contributed by atoms with Gasteiger partial charge in [-0.05, 0) is 24.3 Å². The second-order valence-electron chi connectivity index (χ2n) is 6.00. The first-order valence-electron chi connectivity index (χ1n) is 8.00. The number of nitrogens with zero attached hydrogens (tertiary/aromatic N) is 4. The molecule has 0 atom stereocenters. The Balaban J connectivity index is 1.62. The molecule has 1 saturated heterocycles. The number of hydrogen-bond acceptors (Lipinski definition) is 4. The molecule has 2 heterocycles. The van der Waals surface area contributed by atoms with E-state index in [0.29, 0.717) is 18.0 Å². The van der Waals surface area contributed by atoms with Crippen LogP contribution in [-0.4, -0.2) is 40.8 Å². The number of benzene rings is 2. The largest absolute Gasteiger partial charge is 0.249 e. The van der Waals surface area contributed by atoms with Crippen LogP contribution in [0, 0.1) is 0 Å². The maximum Gasteiger partial charge on any atom is 0.243 e. The van der Waals surface area contributed by atoms with Crippen molar-refractivity contribution in [1.82, 2.24) is 19.3 Å². The molecule has 0 aliphatic carbocycles. The normalized spacial score (nSPS) is 17.3. The summed E-state index contributed by atoms with van der Waals surface area (Å²) in [6.07, 6.45) is 4.97. The van der Waals surface area contributed by atoms with Crippen LogP contribution in [0.4, 0.5) is 0 Å². The molecule has 7 heteroatoms. The molecule has 4 rings (SSSR count). The van der Waals surface area contributed by atoms with Crippen LogP contribution in [0.3, 0.4) is 0 Å². The summed E-state index contributed by atoms with van der Waals surface area (Å²) in [6.45, 7) is 0.992. The lowest BCUT2D eigenvalue weighted by molar-refractivity contribution is 0.258. The Morgan fingerprint density at radius 3 is 2.50 bits per heavy atom. The van der Waals surface area contributed by atoms with Gasteiger partial charge >= 0.3 is 0 Å². The predicted octanol–water partition coefficient (Wildman–Crippen LogP) is 2.46. The first-order valence-corrected chi connectivity index (χ1v) is 9.44. The van der Waals surface area contributed by atoms with Crippen LogP contribution in [0.1, 0.15) is 18.9 Å². The summed E-state index contributed by atoms with van der Waals surface area (Å²) in [6, 6.07) is 13.2. The zero-order chi connectivity index (χ0) is 16.6. The molecule has 6 nitrogen and oxygen atoms in total. The molecule has 124 valence electrons. The molecule has 1 aromatic heterocycles. The van der Waals surface area contributed by atoms with Gasteiger partial charge in [-0.1, -0.05) is 41.6 Å². The highest BCUT2D eigenvalue weighted by Crippen LogP contribution is 2.29. The lowest BCUT2D eigenvalue weighted by Crippen LogP contribution is -2.39. The van der Waals surface area contributed by atoms with Gasteiger partial charge in [0.05, 0.1) is 17.1 Å². The second kappa shape index (κ2) is 5.99. The van der Waals surface area contributed by atoms with Gasteiger partial charge in [0.15, 0.2) is 0 Å². The Kier molecular flexibility index (Phi) is 3.82. The van der Waals surface area contributed by atoms with Crippen LogP contribution < -0.4 is 0 Å². The van der Waals surface area contributed by atoms with Crippen molar-refractivity contribution in [3.05, 3.63) is 54.9 Å². The van der Waals surface area contributed by atoms with Crippen molar-refractivity contribution in [2.75, 3.05) is 13.1 Å². The topological polar surface area (TPSA) is 68.1 Å². The van der Waals surface area contributed by atoms with Crippen LogP contribution >= 0.6 is 0 Å². The number of rotatable bonds is 3. The molecule has 0 N–H and O–H groups in total. The third-order valence-electron chi connectivity index (χ3n) is 4.61. The van der Waals surface area contributed by atoms with E-state index in [0.717, 1.165) is 23.6 Å². The van der Waals surface area contributed by atoms with Crippen molar-refractivity contribution in [1.29, 1.82) is 0 Å². The molecule has 2 aromatic carbocycles. The lowest BCUT2D eigenvalue weighted by Gasteiger charge is -2.31. The van der Waals surface area contributed by atoms with Gasteiger partial charge < -0.3 is 0 Å². The Morgan fingerprint density at radius 1 is 1.00 bits per heavy atom. The van der Waals surface area contributed by atoms with Gasteiger partial charge in [0.1, 0.15) is 0 Å². The summed E-state index contributed by atoms with van der Waals surface area (Å²) >= 11 is 0. The van der Waals surface area contributed by atoms with Crippen molar-refractivity contribution in [3.63, 3.8) is 0 Å². The fourth-order valence-corrected chi connectivity index (χ4v) is 5.00. The summed E-state index contributed by atoms with van der Waals surface area (Å²) in [7, 11) is -3.49. The molecule has 0 spiro atoms. The minimum Gasteiger partial charge on any atom is -0.249 e. The van der Waals surface area contributed by atoms with Crippen LogP contribution in [0.2, 0.25) is 0 Å². The molecule has 1 fully saturated rings. The summed E-state index contributed by atoms with van der Waals surface area (Å²) in [5, 5.41) is 9.57. The molecule has 1 aliphatic rings. The van der Waals surface area contributed by atoms with Gasteiger partial charge in [-0.2, -0.15) is 4.31 Å². The molecule has 0 amide bonds. The fraction of sp³-hybridized carbons (Fsp3) is 0.294. The Morgan fingerprint density at radius 2 is 1.75 bits per heavy atom. The van der Waals surface area contributed by atoms with Gasteiger partial charge in [0.2, 0.25) is 10.0 Å². The van der Waals surface area contributed by atoms with E-state index in [1.165, 1.54) is 0 Å². The van der Waals surface area contributed by atoms with Crippen molar-refractivity contribution in [3.8, 4) is 0 Å². The zero-order valence-corrected chi connectivity index (χ0v) is 13.9. The first-order chi connectivity index (χ1) is 11.7. The molecular weight excluding hydrogens is 324 g/mol. The minimum atomic E-state index is -3.49. The average molecular weight is 342 g/mol. The van der Waals surface area contributed by atoms with Gasteiger partial charge in [-0.3, -0.25) is 0 Å². The molecule has 3 aromatic rings. The van der Waals surface area contributed by atoms with Gasteiger partial charge in [0.25, 0.3) is 0 Å². The molecule has 0 saturated carbocycles. The van der Waals surface area contributed by atoms with Crippen molar-refractivity contribution in [2.24, 2.45) is 0 Å². The molecule has 0 radical (unpaired) electrons. The van der Waals surface area contributed by atoms with Crippen LogP contribution in [0.25, 0.3) is 10.8 Å². The van der Waals surface area contributed by atoms with Gasteiger partial charge in [-0.25, -0.2) is 13.1 Å². The van der Waals surface area contributed by atoms with E-state index in [9.17, 15) is 8.42 Å². The summed E-state index contributed by atoms with van der Waals surface area (Å²) < 4.78 is 29.6. The first kappa shape index (κ1) is 15.3. The quantitative estimate of drug-likeness (QED) is 0.733. The van der Waals surface area contributed by atoms with Crippen molar-refractivity contribution < 1.29 is 8.42 Å². The van der Waals surface area contributed by atoms with E-state index in [4.69, 9.17) is 0 Å². The highest BCUT2D eigenvalue weighted by Gasteiger charge is 2.31. The minimum absolute atomic E-state index is 0.214. The summed E-state index contributed by atoms with van der Waals surface area (Å²) in [5.41, 5.74) is 0. The molecule has 0 bridgehead atoms. The zero-order valence-electron chi connectivity index (χ0n) is 13.1. The molecule has 24 heavy (non-hydrogen) atoms. The van der Waals surface area contributed by atoms with Crippen LogP contribution in [-0.2, 0) is 10.0 Å². The van der Waals surface area contributed by atoms with E-state index < -0.39 is 10.0 Å². The third kappa shape index (κ3) is 2.59. The number of piperidine rings is 1. The second-order valence-corrected chi connectivity index (χ2v) is 7.90.